The van der Waals surface area contributed by atoms with Crippen LogP contribution in [-0.4, -0.2) is 17.6 Å². The second-order valence-corrected chi connectivity index (χ2v) is 5.78. The van der Waals surface area contributed by atoms with Gasteiger partial charge in [0.2, 0.25) is 5.92 Å². The smallest absolute Gasteiger partial charge is 0.248 e. The Bertz CT molecular complexity index is 224. The summed E-state index contributed by atoms with van der Waals surface area (Å²) in [5.41, 5.74) is -0.110. The lowest BCUT2D eigenvalue weighted by molar-refractivity contribution is -0.000269. The highest BCUT2D eigenvalue weighted by molar-refractivity contribution is 4.87. The monoisotopic (exact) mass is 248 g/mol. The maximum Gasteiger partial charge on any atom is 0.248 e. The number of rotatable bonds is 7. The second-order valence-electron chi connectivity index (χ2n) is 5.78. The lowest BCUT2D eigenvalue weighted by Crippen LogP contribution is -2.27. The molecule has 0 radical (unpaired) electrons. The average Bonchev–Trinajstić information content (AvgIpc) is 2.64. The van der Waals surface area contributed by atoms with Crippen molar-refractivity contribution in [2.24, 2.45) is 11.3 Å². The van der Waals surface area contributed by atoms with Crippen LogP contribution in [0, 0.1) is 11.3 Å². The van der Waals surface area contributed by atoms with Gasteiger partial charge in [0.1, 0.15) is 0 Å². The Kier molecular flexibility index (Phi) is 5.36. The highest BCUT2D eigenvalue weighted by Gasteiger charge is 2.42. The van der Waals surface area contributed by atoms with Gasteiger partial charge in [0.15, 0.2) is 0 Å². The molecule has 0 saturated heterocycles. The maximum absolute atomic E-state index is 13.2. The summed E-state index contributed by atoms with van der Waals surface area (Å²) < 4.78 is 26.3. The van der Waals surface area contributed by atoms with Crippen LogP contribution >= 0.6 is 0 Å². The number of alkyl halides is 2. The molecule has 2 unspecified atom stereocenters. The van der Waals surface area contributed by atoms with Crippen LogP contribution in [0.2, 0.25) is 0 Å². The quantitative estimate of drug-likeness (QED) is 0.708. The molecule has 1 saturated carbocycles. The van der Waals surface area contributed by atoms with E-state index in [2.05, 4.69) is 13.8 Å². The summed E-state index contributed by atoms with van der Waals surface area (Å²) in [7, 11) is 0. The van der Waals surface area contributed by atoms with E-state index in [4.69, 9.17) is 0 Å². The van der Waals surface area contributed by atoms with E-state index in [1.165, 1.54) is 0 Å². The first-order chi connectivity index (χ1) is 7.97. The Morgan fingerprint density at radius 2 is 2.06 bits per heavy atom. The van der Waals surface area contributed by atoms with Crippen LogP contribution in [0.5, 0.6) is 0 Å². The SMILES string of the molecule is CCCCC(CC)(CO)CC1CCC(F)(F)C1. The van der Waals surface area contributed by atoms with Crippen molar-refractivity contribution in [1.82, 2.24) is 0 Å². The van der Waals surface area contributed by atoms with Gasteiger partial charge >= 0.3 is 0 Å². The minimum atomic E-state index is -2.45. The van der Waals surface area contributed by atoms with Crippen LogP contribution in [0.3, 0.4) is 0 Å². The van der Waals surface area contributed by atoms with Gasteiger partial charge in [-0.2, -0.15) is 0 Å². The van der Waals surface area contributed by atoms with Gasteiger partial charge in [-0.05, 0) is 37.0 Å². The number of aliphatic hydroxyl groups excluding tert-OH is 1. The molecular weight excluding hydrogens is 222 g/mol. The van der Waals surface area contributed by atoms with Crippen LogP contribution in [0.4, 0.5) is 8.78 Å². The van der Waals surface area contributed by atoms with E-state index in [0.717, 1.165) is 32.1 Å². The van der Waals surface area contributed by atoms with E-state index in [1.54, 1.807) is 0 Å². The molecule has 0 aromatic rings. The van der Waals surface area contributed by atoms with Gasteiger partial charge in [-0.3, -0.25) is 0 Å². The minimum Gasteiger partial charge on any atom is -0.396 e. The van der Waals surface area contributed by atoms with E-state index in [9.17, 15) is 13.9 Å². The van der Waals surface area contributed by atoms with Crippen LogP contribution in [-0.2, 0) is 0 Å². The summed E-state index contributed by atoms with van der Waals surface area (Å²) in [6.45, 7) is 4.34. The van der Waals surface area contributed by atoms with Crippen molar-refractivity contribution in [2.75, 3.05) is 6.61 Å². The molecule has 1 N–H and O–H groups in total. The summed E-state index contributed by atoms with van der Waals surface area (Å²) in [5.74, 6) is -2.35. The first-order valence-corrected chi connectivity index (χ1v) is 6.95. The number of unbranched alkanes of at least 4 members (excludes halogenated alkanes) is 1. The number of hydrogen-bond donors (Lipinski definition) is 1. The van der Waals surface area contributed by atoms with Gasteiger partial charge in [-0.15, -0.1) is 0 Å². The maximum atomic E-state index is 13.2. The van der Waals surface area contributed by atoms with Crippen molar-refractivity contribution >= 4 is 0 Å². The lowest BCUT2D eigenvalue weighted by Gasteiger charge is -2.33. The van der Waals surface area contributed by atoms with Crippen molar-refractivity contribution in [2.45, 2.75) is 71.1 Å². The van der Waals surface area contributed by atoms with Gasteiger partial charge in [-0.25, -0.2) is 8.78 Å². The Morgan fingerprint density at radius 1 is 1.35 bits per heavy atom. The Hall–Kier alpha value is -0.180. The Labute approximate surface area is 104 Å². The molecule has 17 heavy (non-hydrogen) atoms. The molecule has 1 aliphatic carbocycles. The topological polar surface area (TPSA) is 20.2 Å². The molecule has 102 valence electrons. The summed E-state index contributed by atoms with van der Waals surface area (Å²) in [6.07, 6.45) is 5.51. The third-order valence-corrected chi connectivity index (χ3v) is 4.37. The molecule has 0 amide bonds. The Morgan fingerprint density at radius 3 is 2.47 bits per heavy atom. The van der Waals surface area contributed by atoms with Gasteiger partial charge in [-0.1, -0.05) is 26.7 Å². The molecule has 0 aromatic carbocycles. The normalized spacial score (nSPS) is 27.0. The van der Waals surface area contributed by atoms with Crippen molar-refractivity contribution in [3.05, 3.63) is 0 Å². The fourth-order valence-corrected chi connectivity index (χ4v) is 3.06. The zero-order valence-corrected chi connectivity index (χ0v) is 11.1. The zero-order chi connectivity index (χ0) is 12.9. The fraction of sp³-hybridized carbons (Fsp3) is 1.00. The van der Waals surface area contributed by atoms with Gasteiger partial charge in [0, 0.05) is 19.4 Å². The average molecular weight is 248 g/mol. The zero-order valence-electron chi connectivity index (χ0n) is 11.1. The minimum absolute atomic E-state index is 0.0286. The van der Waals surface area contributed by atoms with Gasteiger partial charge in [0.25, 0.3) is 0 Å². The third kappa shape index (κ3) is 4.20. The van der Waals surface area contributed by atoms with Crippen LogP contribution in [0.25, 0.3) is 0 Å². The first kappa shape index (κ1) is 14.9. The third-order valence-electron chi connectivity index (χ3n) is 4.37. The van der Waals surface area contributed by atoms with Crippen LogP contribution in [0.15, 0.2) is 0 Å². The van der Waals surface area contributed by atoms with Gasteiger partial charge in [0.05, 0.1) is 0 Å². The summed E-state index contributed by atoms with van der Waals surface area (Å²) in [6, 6.07) is 0. The number of aliphatic hydroxyl groups is 1. The standard InChI is InChI=1S/C14H26F2O/c1-3-5-7-13(4-2,11-17)9-12-6-8-14(15,16)10-12/h12,17H,3-11H2,1-2H3. The molecule has 0 heterocycles. The van der Waals surface area contributed by atoms with E-state index in [1.807, 2.05) is 0 Å². The predicted molar refractivity (Wildman–Crippen MR) is 66.2 cm³/mol. The molecule has 2 atom stereocenters. The van der Waals surface area contributed by atoms with E-state index in [-0.39, 0.29) is 30.8 Å². The highest BCUT2D eigenvalue weighted by Crippen LogP contribution is 2.46. The molecule has 3 heteroatoms. The molecule has 0 aliphatic heterocycles. The summed E-state index contributed by atoms with van der Waals surface area (Å²) in [4.78, 5) is 0. The van der Waals surface area contributed by atoms with E-state index in [0.29, 0.717) is 6.42 Å². The van der Waals surface area contributed by atoms with Crippen molar-refractivity contribution < 1.29 is 13.9 Å². The van der Waals surface area contributed by atoms with Crippen molar-refractivity contribution in [3.8, 4) is 0 Å². The van der Waals surface area contributed by atoms with Crippen LogP contribution < -0.4 is 0 Å². The summed E-state index contributed by atoms with van der Waals surface area (Å²) in [5, 5.41) is 9.61. The number of hydrogen-bond acceptors (Lipinski definition) is 1. The molecule has 1 fully saturated rings. The van der Waals surface area contributed by atoms with E-state index >= 15 is 0 Å². The Balaban J connectivity index is 2.54. The lowest BCUT2D eigenvalue weighted by atomic mass is 9.73. The highest BCUT2D eigenvalue weighted by atomic mass is 19.3. The molecule has 1 nitrogen and oxygen atoms in total. The summed E-state index contributed by atoms with van der Waals surface area (Å²) >= 11 is 0. The van der Waals surface area contributed by atoms with Crippen LogP contribution in [0.1, 0.15) is 65.2 Å². The van der Waals surface area contributed by atoms with Gasteiger partial charge < -0.3 is 5.11 Å². The van der Waals surface area contributed by atoms with E-state index < -0.39 is 5.92 Å². The first-order valence-electron chi connectivity index (χ1n) is 6.95. The molecule has 0 bridgehead atoms. The van der Waals surface area contributed by atoms with Crippen molar-refractivity contribution in [3.63, 3.8) is 0 Å². The predicted octanol–water partition coefficient (Wildman–Crippen LogP) is 4.39. The van der Waals surface area contributed by atoms with Crippen molar-refractivity contribution in [1.29, 1.82) is 0 Å². The second kappa shape index (κ2) is 6.12. The largest absolute Gasteiger partial charge is 0.396 e. The molecule has 1 rings (SSSR count). The molecular formula is C14H26F2O. The molecule has 0 aromatic heterocycles. The molecule has 0 spiro atoms. The fourth-order valence-electron chi connectivity index (χ4n) is 3.06. The number of halogens is 2. The molecule has 1 aliphatic rings.